The molecule has 11 nitrogen and oxygen atoms in total. The zero-order valence-electron chi connectivity index (χ0n) is 18.3. The van der Waals surface area contributed by atoms with Crippen LogP contribution < -0.4 is 5.32 Å². The second-order valence-corrected chi connectivity index (χ2v) is 7.53. The van der Waals surface area contributed by atoms with Gasteiger partial charge in [0.15, 0.2) is 17.2 Å². The molecule has 1 amide bonds. The third-order valence-electron chi connectivity index (χ3n) is 5.26. The first-order valence-corrected chi connectivity index (χ1v) is 9.87. The van der Waals surface area contributed by atoms with E-state index in [1.807, 2.05) is 0 Å². The molecule has 2 N–H and O–H groups in total. The van der Waals surface area contributed by atoms with Gasteiger partial charge in [-0.25, -0.2) is 15.0 Å². The summed E-state index contributed by atoms with van der Waals surface area (Å²) in [4.78, 5) is 26.9. The monoisotopic (exact) mass is 433 g/mol. The zero-order chi connectivity index (χ0) is 23.2. The lowest BCUT2D eigenvalue weighted by atomic mass is 9.97. The molecule has 162 valence electrons. The van der Waals surface area contributed by atoms with E-state index in [9.17, 15) is 9.90 Å². The van der Waals surface area contributed by atoms with Gasteiger partial charge in [0.1, 0.15) is 11.4 Å². The van der Waals surface area contributed by atoms with E-state index >= 15 is 0 Å². The van der Waals surface area contributed by atoms with E-state index in [1.54, 1.807) is 49.2 Å². The molecule has 11 heteroatoms. The Labute approximate surface area is 184 Å². The van der Waals surface area contributed by atoms with Crippen LogP contribution in [0.2, 0.25) is 0 Å². The molecule has 0 bridgehead atoms. The fourth-order valence-corrected chi connectivity index (χ4v) is 3.51. The molecule has 32 heavy (non-hydrogen) atoms. The van der Waals surface area contributed by atoms with Gasteiger partial charge in [-0.3, -0.25) is 9.48 Å². The molecule has 1 fully saturated rings. The SMILES string of the molecule is [2H]c1cc(-c2cccc(-c3cc([C@]4(O)CCN(C)C4=O)no3)n2)nc(Nc2ccn(C)n2)n1. The van der Waals surface area contributed by atoms with E-state index in [-0.39, 0.29) is 24.2 Å². The Bertz CT molecular complexity index is 1350. The number of aliphatic hydroxyl groups is 1. The molecule has 0 radical (unpaired) electrons. The Kier molecular flexibility index (Phi) is 4.39. The number of likely N-dealkylation sites (tertiary alicyclic amines) is 1. The molecule has 0 spiro atoms. The second kappa shape index (κ2) is 7.54. The molecule has 0 unspecified atom stereocenters. The van der Waals surface area contributed by atoms with Crippen LogP contribution >= 0.6 is 0 Å². The van der Waals surface area contributed by atoms with Gasteiger partial charge < -0.3 is 19.8 Å². The molecule has 1 saturated heterocycles. The summed E-state index contributed by atoms with van der Waals surface area (Å²) in [6.07, 6.45) is 2.03. The average Bonchev–Trinajstić information content (AvgIpc) is 3.51. The number of pyridine rings is 1. The molecular weight excluding hydrogens is 412 g/mol. The molecule has 4 aromatic heterocycles. The molecule has 1 aliphatic rings. The van der Waals surface area contributed by atoms with Crippen molar-refractivity contribution in [2.75, 3.05) is 18.9 Å². The van der Waals surface area contributed by atoms with E-state index in [1.165, 1.54) is 17.0 Å². The second-order valence-electron chi connectivity index (χ2n) is 7.53. The Morgan fingerprint density at radius 3 is 2.75 bits per heavy atom. The van der Waals surface area contributed by atoms with Gasteiger partial charge >= 0.3 is 0 Å². The Morgan fingerprint density at radius 2 is 2.00 bits per heavy atom. The zero-order valence-corrected chi connectivity index (χ0v) is 17.3. The number of hydrogen-bond acceptors (Lipinski definition) is 9. The fourth-order valence-electron chi connectivity index (χ4n) is 3.51. The number of hydrogen-bond donors (Lipinski definition) is 2. The summed E-state index contributed by atoms with van der Waals surface area (Å²) in [5.41, 5.74) is -0.191. The minimum Gasteiger partial charge on any atom is -0.374 e. The van der Waals surface area contributed by atoms with Gasteiger partial charge in [0.05, 0.1) is 12.8 Å². The van der Waals surface area contributed by atoms with Gasteiger partial charge in [-0.2, -0.15) is 5.10 Å². The molecule has 5 heterocycles. The molecule has 4 aromatic rings. The number of nitrogens with zero attached hydrogens (tertiary/aromatic N) is 7. The van der Waals surface area contributed by atoms with Crippen molar-refractivity contribution < 1.29 is 15.8 Å². The average molecular weight is 433 g/mol. The number of aromatic nitrogens is 6. The van der Waals surface area contributed by atoms with Crippen LogP contribution in [0.4, 0.5) is 11.8 Å². The number of rotatable bonds is 5. The van der Waals surface area contributed by atoms with Crippen molar-refractivity contribution >= 4 is 17.7 Å². The maximum absolute atomic E-state index is 12.3. The van der Waals surface area contributed by atoms with E-state index in [2.05, 4.69) is 30.5 Å². The lowest BCUT2D eigenvalue weighted by Gasteiger charge is -2.16. The summed E-state index contributed by atoms with van der Waals surface area (Å²) >= 11 is 0. The summed E-state index contributed by atoms with van der Waals surface area (Å²) in [7, 11) is 3.42. The minimum atomic E-state index is -1.70. The summed E-state index contributed by atoms with van der Waals surface area (Å²) in [6.45, 7) is 0.434. The highest BCUT2D eigenvalue weighted by atomic mass is 16.5. The number of amides is 1. The number of aryl methyl sites for hydroxylation is 1. The molecule has 0 aromatic carbocycles. The smallest absolute Gasteiger partial charge is 0.260 e. The lowest BCUT2D eigenvalue weighted by molar-refractivity contribution is -0.143. The Morgan fingerprint density at radius 1 is 1.19 bits per heavy atom. The van der Waals surface area contributed by atoms with Crippen LogP contribution in [-0.2, 0) is 17.4 Å². The number of carbonyl (C=O) groups is 1. The van der Waals surface area contributed by atoms with Crippen molar-refractivity contribution in [2.24, 2.45) is 7.05 Å². The largest absolute Gasteiger partial charge is 0.374 e. The highest BCUT2D eigenvalue weighted by Crippen LogP contribution is 2.34. The molecular formula is C21H20N8O3. The van der Waals surface area contributed by atoms with Gasteiger partial charge in [-0.05, 0) is 18.2 Å². The maximum atomic E-state index is 12.3. The first-order chi connectivity index (χ1) is 15.8. The van der Waals surface area contributed by atoms with Crippen molar-refractivity contribution in [3.05, 3.63) is 54.5 Å². The van der Waals surface area contributed by atoms with Gasteiger partial charge in [-0.15, -0.1) is 0 Å². The standard InChI is InChI=1S/C21H20N8O3/c1-28-11-8-21(31,19(28)30)17-12-16(32-27-17)15-5-3-4-13(23-15)14-6-9-22-20(24-14)25-18-7-10-29(2)26-18/h3-7,9-10,12,31H,8,11H2,1-2H3,(H,22,24,25,26)/t21-/m1/s1/i9D. The number of anilines is 2. The van der Waals surface area contributed by atoms with Crippen molar-refractivity contribution in [3.63, 3.8) is 0 Å². The van der Waals surface area contributed by atoms with Gasteiger partial charge in [0, 0.05) is 51.6 Å². The highest BCUT2D eigenvalue weighted by Gasteiger charge is 2.47. The third-order valence-corrected chi connectivity index (χ3v) is 5.26. The summed E-state index contributed by atoms with van der Waals surface area (Å²) in [6, 6.07) is 10.0. The molecule has 0 saturated carbocycles. The summed E-state index contributed by atoms with van der Waals surface area (Å²) in [5.74, 6) is 0.655. The van der Waals surface area contributed by atoms with Gasteiger partial charge in [0.2, 0.25) is 5.95 Å². The fraction of sp³-hybridized carbons (Fsp3) is 0.238. The van der Waals surface area contributed by atoms with E-state index in [0.29, 0.717) is 35.2 Å². The first kappa shape index (κ1) is 18.6. The molecule has 1 atom stereocenters. The lowest BCUT2D eigenvalue weighted by Crippen LogP contribution is -2.36. The summed E-state index contributed by atoms with van der Waals surface area (Å²) in [5, 5.41) is 21.9. The first-order valence-electron chi connectivity index (χ1n) is 10.4. The van der Waals surface area contributed by atoms with E-state index in [4.69, 9.17) is 5.89 Å². The van der Waals surface area contributed by atoms with Crippen LogP contribution in [0.1, 0.15) is 13.5 Å². The predicted octanol–water partition coefficient (Wildman–Crippen LogP) is 1.72. The van der Waals surface area contributed by atoms with Gasteiger partial charge in [0.25, 0.3) is 5.91 Å². The Hall–Kier alpha value is -4.12. The number of carbonyl (C=O) groups excluding carboxylic acids is 1. The molecule has 0 aliphatic carbocycles. The maximum Gasteiger partial charge on any atom is 0.260 e. The number of likely N-dealkylation sites (N-methyl/N-ethyl adjacent to an activating group) is 1. The Balaban J connectivity index is 1.45. The molecule has 5 rings (SSSR count). The van der Waals surface area contributed by atoms with Crippen LogP contribution in [0.25, 0.3) is 22.8 Å². The van der Waals surface area contributed by atoms with Crippen molar-refractivity contribution in [2.45, 2.75) is 12.0 Å². The van der Waals surface area contributed by atoms with Crippen LogP contribution in [-0.4, -0.2) is 59.4 Å². The van der Waals surface area contributed by atoms with Crippen LogP contribution in [0.15, 0.2) is 53.3 Å². The van der Waals surface area contributed by atoms with Crippen LogP contribution in [0.5, 0.6) is 0 Å². The minimum absolute atomic E-state index is 0.0127. The third kappa shape index (κ3) is 3.48. The van der Waals surface area contributed by atoms with Crippen LogP contribution in [0.3, 0.4) is 0 Å². The van der Waals surface area contributed by atoms with Crippen molar-refractivity contribution in [1.82, 2.24) is 34.8 Å². The quantitative estimate of drug-likeness (QED) is 0.482. The van der Waals surface area contributed by atoms with Crippen molar-refractivity contribution in [1.29, 1.82) is 0 Å². The van der Waals surface area contributed by atoms with Crippen molar-refractivity contribution in [3.8, 4) is 22.8 Å². The normalized spacial score (nSPS) is 18.8. The van der Waals surface area contributed by atoms with E-state index in [0.717, 1.165) is 0 Å². The predicted molar refractivity (Wildman–Crippen MR) is 113 cm³/mol. The van der Waals surface area contributed by atoms with E-state index < -0.39 is 11.5 Å². The summed E-state index contributed by atoms with van der Waals surface area (Å²) < 4.78 is 15.1. The van der Waals surface area contributed by atoms with Crippen LogP contribution in [0, 0.1) is 0 Å². The number of nitrogens with one attached hydrogen (secondary N) is 1. The van der Waals surface area contributed by atoms with Gasteiger partial charge in [-0.1, -0.05) is 11.2 Å². The topological polar surface area (TPSA) is 135 Å². The molecule has 1 aliphatic heterocycles. The highest BCUT2D eigenvalue weighted by molar-refractivity contribution is 5.88.